The molecular formula is C11H10IN3O. The average Bonchev–Trinajstić information content (AvgIpc) is 2.28. The van der Waals surface area contributed by atoms with Gasteiger partial charge in [-0.2, -0.15) is 0 Å². The number of amides is 1. The van der Waals surface area contributed by atoms with E-state index in [4.69, 9.17) is 0 Å². The molecule has 1 N–H and O–H groups in total. The predicted octanol–water partition coefficient (Wildman–Crippen LogP) is 1.98. The molecule has 0 aliphatic carbocycles. The predicted molar refractivity (Wildman–Crippen MR) is 70.3 cm³/mol. The second kappa shape index (κ2) is 4.73. The van der Waals surface area contributed by atoms with Crippen LogP contribution in [0, 0.1) is 3.57 Å². The summed E-state index contributed by atoms with van der Waals surface area (Å²) in [4.78, 5) is 20.0. The minimum absolute atomic E-state index is 0.185. The Balaban J connectivity index is 2.44. The lowest BCUT2D eigenvalue weighted by atomic mass is 10.3. The summed E-state index contributed by atoms with van der Waals surface area (Å²) in [6.07, 6.45) is 1.50. The molecule has 1 aromatic carbocycles. The molecule has 2 rings (SSSR count). The Morgan fingerprint density at radius 1 is 1.44 bits per heavy atom. The summed E-state index contributed by atoms with van der Waals surface area (Å²) < 4.78 is 1.10. The van der Waals surface area contributed by atoms with E-state index in [1.54, 1.807) is 0 Å². The molecule has 1 aromatic heterocycles. The molecule has 82 valence electrons. The van der Waals surface area contributed by atoms with Gasteiger partial charge in [0.15, 0.2) is 0 Å². The molecule has 1 amide bonds. The number of aromatic nitrogens is 2. The first-order valence-electron chi connectivity index (χ1n) is 4.91. The molecule has 0 radical (unpaired) electrons. The molecule has 5 heteroatoms. The molecule has 0 aliphatic heterocycles. The number of carbonyl (C=O) groups is 1. The monoisotopic (exact) mass is 327 g/mol. The largest absolute Gasteiger partial charge is 0.351 e. The fourth-order valence-corrected chi connectivity index (χ4v) is 1.82. The van der Waals surface area contributed by atoms with Crippen LogP contribution in [0.15, 0.2) is 24.4 Å². The van der Waals surface area contributed by atoms with Crippen molar-refractivity contribution >= 4 is 39.5 Å². The Bertz CT molecular complexity index is 542. The van der Waals surface area contributed by atoms with Crippen molar-refractivity contribution in [2.75, 3.05) is 6.54 Å². The van der Waals surface area contributed by atoms with Gasteiger partial charge in [-0.1, -0.05) is 0 Å². The number of halogens is 1. The van der Waals surface area contributed by atoms with E-state index in [0.29, 0.717) is 12.2 Å². The zero-order valence-electron chi connectivity index (χ0n) is 8.70. The highest BCUT2D eigenvalue weighted by atomic mass is 127. The van der Waals surface area contributed by atoms with Crippen molar-refractivity contribution in [1.29, 1.82) is 0 Å². The summed E-state index contributed by atoms with van der Waals surface area (Å²) in [6.45, 7) is 2.46. The van der Waals surface area contributed by atoms with Crippen molar-refractivity contribution < 1.29 is 4.79 Å². The first kappa shape index (κ1) is 11.3. The van der Waals surface area contributed by atoms with Gasteiger partial charge in [-0.25, -0.2) is 4.98 Å². The van der Waals surface area contributed by atoms with Crippen LogP contribution >= 0.6 is 22.6 Å². The lowest BCUT2D eigenvalue weighted by molar-refractivity contribution is 0.0951. The SMILES string of the molecule is CCNC(=O)c1cnc2cc(I)ccc2n1. The summed E-state index contributed by atoms with van der Waals surface area (Å²) in [5.41, 5.74) is 1.90. The Morgan fingerprint density at radius 3 is 3.00 bits per heavy atom. The Morgan fingerprint density at radius 2 is 2.25 bits per heavy atom. The van der Waals surface area contributed by atoms with Crippen LogP contribution < -0.4 is 5.32 Å². The third-order valence-corrected chi connectivity index (χ3v) is 2.75. The maximum atomic E-state index is 11.5. The van der Waals surface area contributed by atoms with E-state index in [9.17, 15) is 4.79 Å². The van der Waals surface area contributed by atoms with E-state index in [2.05, 4.69) is 37.9 Å². The Hall–Kier alpha value is -1.24. The van der Waals surface area contributed by atoms with E-state index >= 15 is 0 Å². The van der Waals surface area contributed by atoms with Crippen LogP contribution in [0.4, 0.5) is 0 Å². The van der Waals surface area contributed by atoms with Gasteiger partial charge in [0.25, 0.3) is 5.91 Å². The van der Waals surface area contributed by atoms with Crippen LogP contribution in [-0.4, -0.2) is 22.4 Å². The lowest BCUT2D eigenvalue weighted by Crippen LogP contribution is -2.23. The average molecular weight is 327 g/mol. The fourth-order valence-electron chi connectivity index (χ4n) is 1.34. The van der Waals surface area contributed by atoms with Crippen molar-refractivity contribution in [3.05, 3.63) is 33.7 Å². The molecular weight excluding hydrogens is 317 g/mol. The zero-order valence-corrected chi connectivity index (χ0v) is 10.9. The summed E-state index contributed by atoms with van der Waals surface area (Å²) in [5.74, 6) is -0.185. The van der Waals surface area contributed by atoms with Gasteiger partial charge in [0.2, 0.25) is 0 Å². The number of carbonyl (C=O) groups excluding carboxylic acids is 1. The first-order valence-corrected chi connectivity index (χ1v) is 5.99. The highest BCUT2D eigenvalue weighted by molar-refractivity contribution is 14.1. The summed E-state index contributed by atoms with van der Waals surface area (Å²) >= 11 is 2.22. The van der Waals surface area contributed by atoms with Crippen molar-refractivity contribution in [3.8, 4) is 0 Å². The van der Waals surface area contributed by atoms with E-state index in [1.165, 1.54) is 6.20 Å². The number of hydrogen-bond acceptors (Lipinski definition) is 3. The molecule has 16 heavy (non-hydrogen) atoms. The van der Waals surface area contributed by atoms with Crippen molar-refractivity contribution in [2.24, 2.45) is 0 Å². The van der Waals surface area contributed by atoms with Gasteiger partial charge in [0.05, 0.1) is 17.2 Å². The van der Waals surface area contributed by atoms with Gasteiger partial charge in [-0.05, 0) is 47.7 Å². The molecule has 0 saturated heterocycles. The summed E-state index contributed by atoms with van der Waals surface area (Å²) in [6, 6.07) is 5.75. The summed E-state index contributed by atoms with van der Waals surface area (Å²) in [7, 11) is 0. The van der Waals surface area contributed by atoms with Crippen molar-refractivity contribution in [3.63, 3.8) is 0 Å². The quantitative estimate of drug-likeness (QED) is 0.859. The minimum Gasteiger partial charge on any atom is -0.351 e. The molecule has 0 fully saturated rings. The Kier molecular flexibility index (Phi) is 3.33. The zero-order chi connectivity index (χ0) is 11.5. The summed E-state index contributed by atoms with van der Waals surface area (Å²) in [5, 5.41) is 2.69. The standard InChI is InChI=1S/C11H10IN3O/c1-2-13-11(16)10-6-14-9-5-7(12)3-4-8(9)15-10/h3-6H,2H2,1H3,(H,13,16). The van der Waals surface area contributed by atoms with Crippen LogP contribution in [0.1, 0.15) is 17.4 Å². The van der Waals surface area contributed by atoms with Gasteiger partial charge in [-0.3, -0.25) is 9.78 Å². The molecule has 0 spiro atoms. The van der Waals surface area contributed by atoms with E-state index in [0.717, 1.165) is 14.6 Å². The smallest absolute Gasteiger partial charge is 0.271 e. The molecule has 1 heterocycles. The van der Waals surface area contributed by atoms with Crippen LogP contribution in [0.2, 0.25) is 0 Å². The maximum Gasteiger partial charge on any atom is 0.271 e. The number of hydrogen-bond donors (Lipinski definition) is 1. The number of rotatable bonds is 2. The topological polar surface area (TPSA) is 54.9 Å². The highest BCUT2D eigenvalue weighted by Crippen LogP contribution is 2.13. The van der Waals surface area contributed by atoms with Crippen LogP contribution in [-0.2, 0) is 0 Å². The van der Waals surface area contributed by atoms with Crippen molar-refractivity contribution in [2.45, 2.75) is 6.92 Å². The van der Waals surface area contributed by atoms with Gasteiger partial charge in [0, 0.05) is 10.1 Å². The molecule has 0 unspecified atom stereocenters. The Labute approximate surface area is 107 Å². The van der Waals surface area contributed by atoms with Crippen LogP contribution in [0.3, 0.4) is 0 Å². The van der Waals surface area contributed by atoms with E-state index in [-0.39, 0.29) is 5.91 Å². The third kappa shape index (κ3) is 2.29. The second-order valence-electron chi connectivity index (χ2n) is 3.25. The molecule has 0 atom stereocenters. The van der Waals surface area contributed by atoms with Crippen molar-refractivity contribution in [1.82, 2.24) is 15.3 Å². The maximum absolute atomic E-state index is 11.5. The molecule has 0 saturated carbocycles. The minimum atomic E-state index is -0.185. The molecule has 0 aliphatic rings. The first-order chi connectivity index (χ1) is 7.70. The fraction of sp³-hybridized carbons (Fsp3) is 0.182. The molecule has 0 bridgehead atoms. The second-order valence-corrected chi connectivity index (χ2v) is 4.49. The van der Waals surface area contributed by atoms with E-state index in [1.807, 2.05) is 25.1 Å². The van der Waals surface area contributed by atoms with Gasteiger partial charge < -0.3 is 5.32 Å². The van der Waals surface area contributed by atoms with Gasteiger partial charge in [0.1, 0.15) is 5.69 Å². The normalized spacial score (nSPS) is 10.4. The van der Waals surface area contributed by atoms with E-state index < -0.39 is 0 Å². The lowest BCUT2D eigenvalue weighted by Gasteiger charge is -2.02. The molecule has 2 aromatic rings. The number of fused-ring (bicyclic) bond motifs is 1. The number of benzene rings is 1. The molecule has 4 nitrogen and oxygen atoms in total. The van der Waals surface area contributed by atoms with Crippen LogP contribution in [0.25, 0.3) is 11.0 Å². The number of nitrogens with zero attached hydrogens (tertiary/aromatic N) is 2. The van der Waals surface area contributed by atoms with Gasteiger partial charge >= 0.3 is 0 Å². The van der Waals surface area contributed by atoms with Crippen LogP contribution in [0.5, 0.6) is 0 Å². The highest BCUT2D eigenvalue weighted by Gasteiger charge is 2.07. The third-order valence-electron chi connectivity index (χ3n) is 2.07. The number of nitrogens with one attached hydrogen (secondary N) is 1. The van der Waals surface area contributed by atoms with Gasteiger partial charge in [-0.15, -0.1) is 0 Å².